The van der Waals surface area contributed by atoms with E-state index in [1.165, 1.54) is 0 Å². The molecule has 16 heavy (non-hydrogen) atoms. The van der Waals surface area contributed by atoms with Gasteiger partial charge in [-0.15, -0.1) is 0 Å². The van der Waals surface area contributed by atoms with Crippen molar-refractivity contribution >= 4 is 5.91 Å². The lowest BCUT2D eigenvalue weighted by Gasteiger charge is -2.34. The molecule has 2 fully saturated rings. The minimum atomic E-state index is 0.335. The molecule has 0 aliphatic heterocycles. The summed E-state index contributed by atoms with van der Waals surface area (Å²) in [7, 11) is 1.95. The number of hydrogen-bond acceptors (Lipinski definition) is 2. The van der Waals surface area contributed by atoms with Crippen LogP contribution < -0.4 is 0 Å². The van der Waals surface area contributed by atoms with Gasteiger partial charge in [-0.05, 0) is 44.4 Å². The van der Waals surface area contributed by atoms with Crippen molar-refractivity contribution in [2.24, 2.45) is 11.8 Å². The van der Waals surface area contributed by atoms with Gasteiger partial charge in [0.25, 0.3) is 0 Å². The van der Waals surface area contributed by atoms with Gasteiger partial charge < -0.3 is 4.90 Å². The van der Waals surface area contributed by atoms with Crippen LogP contribution in [-0.2, 0) is 4.79 Å². The Balaban J connectivity index is 1.79. The van der Waals surface area contributed by atoms with Crippen LogP contribution in [0.4, 0.5) is 0 Å². The predicted molar refractivity (Wildman–Crippen MR) is 61.5 cm³/mol. The zero-order valence-electron chi connectivity index (χ0n) is 9.98. The van der Waals surface area contributed by atoms with Crippen LogP contribution >= 0.6 is 0 Å². The number of carbonyl (C=O) groups excluding carboxylic acids is 1. The fraction of sp³-hybridized carbons (Fsp3) is 0.846. The Morgan fingerprint density at radius 2 is 1.88 bits per heavy atom. The Labute approximate surface area is 97.4 Å². The molecule has 0 spiro atoms. The molecule has 0 saturated heterocycles. The van der Waals surface area contributed by atoms with E-state index in [1.807, 2.05) is 11.9 Å². The van der Waals surface area contributed by atoms with Crippen molar-refractivity contribution < 1.29 is 4.79 Å². The maximum absolute atomic E-state index is 11.9. The number of carbonyl (C=O) groups is 1. The van der Waals surface area contributed by atoms with Gasteiger partial charge >= 0.3 is 0 Å². The molecule has 2 rings (SSSR count). The molecule has 0 radical (unpaired) electrons. The topological polar surface area (TPSA) is 44.1 Å². The van der Waals surface area contributed by atoms with Crippen LogP contribution in [0.5, 0.6) is 0 Å². The van der Waals surface area contributed by atoms with Crippen molar-refractivity contribution in [1.29, 1.82) is 5.26 Å². The molecule has 3 nitrogen and oxygen atoms in total. The van der Waals surface area contributed by atoms with Crippen LogP contribution in [0.15, 0.2) is 0 Å². The second-order valence-electron chi connectivity index (χ2n) is 5.26. The second-order valence-corrected chi connectivity index (χ2v) is 5.26. The fourth-order valence-electron chi connectivity index (χ4n) is 2.66. The summed E-state index contributed by atoms with van der Waals surface area (Å²) in [5, 5.41) is 8.65. The first kappa shape index (κ1) is 11.4. The summed E-state index contributed by atoms with van der Waals surface area (Å²) in [5.74, 6) is 1.26. The standard InChI is InChI=1S/C13H20N2O/c1-15(13(16)11-4-5-11)12-6-2-10(3-7-12)8-9-14/h10-12H,2-8H2,1H3. The summed E-state index contributed by atoms with van der Waals surface area (Å²) in [6.45, 7) is 0. The first-order valence-electron chi connectivity index (χ1n) is 6.36. The lowest BCUT2D eigenvalue weighted by molar-refractivity contribution is -0.134. The number of nitriles is 1. The third kappa shape index (κ3) is 2.55. The molecular formula is C13H20N2O. The van der Waals surface area contributed by atoms with Crippen molar-refractivity contribution in [1.82, 2.24) is 4.90 Å². The molecule has 0 aromatic heterocycles. The largest absolute Gasteiger partial charge is 0.343 e. The molecule has 2 aliphatic carbocycles. The zero-order valence-corrected chi connectivity index (χ0v) is 9.98. The molecule has 0 unspecified atom stereocenters. The Morgan fingerprint density at radius 1 is 1.25 bits per heavy atom. The molecule has 0 atom stereocenters. The van der Waals surface area contributed by atoms with Crippen molar-refractivity contribution in [2.45, 2.75) is 51.0 Å². The quantitative estimate of drug-likeness (QED) is 0.732. The molecule has 2 aliphatic rings. The van der Waals surface area contributed by atoms with Crippen molar-refractivity contribution in [3.05, 3.63) is 0 Å². The van der Waals surface area contributed by atoms with Gasteiger partial charge in [0.2, 0.25) is 5.91 Å². The average Bonchev–Trinajstić information content (AvgIpc) is 3.12. The molecule has 0 bridgehead atoms. The van der Waals surface area contributed by atoms with E-state index in [1.54, 1.807) is 0 Å². The van der Waals surface area contributed by atoms with E-state index in [0.717, 1.165) is 38.5 Å². The highest BCUT2D eigenvalue weighted by Crippen LogP contribution is 2.34. The number of nitrogens with zero attached hydrogens (tertiary/aromatic N) is 2. The minimum Gasteiger partial charge on any atom is -0.343 e. The number of amides is 1. The van der Waals surface area contributed by atoms with Crippen LogP contribution in [0.25, 0.3) is 0 Å². The Kier molecular flexibility index (Phi) is 3.48. The van der Waals surface area contributed by atoms with E-state index in [4.69, 9.17) is 5.26 Å². The molecule has 2 saturated carbocycles. The highest BCUT2D eigenvalue weighted by Gasteiger charge is 2.35. The van der Waals surface area contributed by atoms with E-state index in [2.05, 4.69) is 6.07 Å². The van der Waals surface area contributed by atoms with E-state index >= 15 is 0 Å². The van der Waals surface area contributed by atoms with Gasteiger partial charge in [0.05, 0.1) is 6.07 Å². The summed E-state index contributed by atoms with van der Waals surface area (Å²) < 4.78 is 0. The molecule has 0 N–H and O–H groups in total. The highest BCUT2D eigenvalue weighted by molar-refractivity contribution is 5.81. The monoisotopic (exact) mass is 220 g/mol. The third-order valence-corrected chi connectivity index (χ3v) is 4.02. The summed E-state index contributed by atoms with van der Waals surface area (Å²) in [6.07, 6.45) is 7.26. The van der Waals surface area contributed by atoms with Crippen molar-refractivity contribution in [2.75, 3.05) is 7.05 Å². The Morgan fingerprint density at radius 3 is 2.38 bits per heavy atom. The summed E-state index contributed by atoms with van der Waals surface area (Å²) >= 11 is 0. The molecule has 0 aromatic rings. The zero-order chi connectivity index (χ0) is 11.5. The third-order valence-electron chi connectivity index (χ3n) is 4.02. The molecular weight excluding hydrogens is 200 g/mol. The van der Waals surface area contributed by atoms with Crippen LogP contribution in [-0.4, -0.2) is 23.9 Å². The van der Waals surface area contributed by atoms with E-state index < -0.39 is 0 Å². The highest BCUT2D eigenvalue weighted by atomic mass is 16.2. The Bertz CT molecular complexity index is 296. The predicted octanol–water partition coefficient (Wildman–Crippen LogP) is 2.33. The van der Waals surface area contributed by atoms with Gasteiger partial charge in [-0.3, -0.25) is 4.79 Å². The minimum absolute atomic E-state index is 0.335. The van der Waals surface area contributed by atoms with Crippen LogP contribution in [0, 0.1) is 23.2 Å². The van der Waals surface area contributed by atoms with Gasteiger partial charge in [-0.1, -0.05) is 0 Å². The van der Waals surface area contributed by atoms with Gasteiger partial charge in [0.15, 0.2) is 0 Å². The first-order valence-corrected chi connectivity index (χ1v) is 6.36. The van der Waals surface area contributed by atoms with Crippen LogP contribution in [0.2, 0.25) is 0 Å². The molecule has 0 heterocycles. The molecule has 0 aromatic carbocycles. The van der Waals surface area contributed by atoms with E-state index in [-0.39, 0.29) is 0 Å². The Hall–Kier alpha value is -1.04. The number of rotatable bonds is 3. The summed E-state index contributed by atoms with van der Waals surface area (Å²) in [5.41, 5.74) is 0. The van der Waals surface area contributed by atoms with Crippen LogP contribution in [0.3, 0.4) is 0 Å². The molecule has 3 heteroatoms. The normalized spacial score (nSPS) is 29.5. The lowest BCUT2D eigenvalue weighted by Crippen LogP contribution is -2.40. The van der Waals surface area contributed by atoms with Crippen LogP contribution in [0.1, 0.15) is 44.9 Å². The van der Waals surface area contributed by atoms with Gasteiger partial charge in [-0.25, -0.2) is 0 Å². The van der Waals surface area contributed by atoms with E-state index in [0.29, 0.717) is 30.2 Å². The smallest absolute Gasteiger partial charge is 0.225 e. The van der Waals surface area contributed by atoms with Gasteiger partial charge in [0.1, 0.15) is 0 Å². The maximum Gasteiger partial charge on any atom is 0.225 e. The average molecular weight is 220 g/mol. The first-order chi connectivity index (χ1) is 7.72. The van der Waals surface area contributed by atoms with Gasteiger partial charge in [-0.2, -0.15) is 5.26 Å². The van der Waals surface area contributed by atoms with Gasteiger partial charge in [0, 0.05) is 25.4 Å². The molecule has 88 valence electrons. The van der Waals surface area contributed by atoms with Crippen molar-refractivity contribution in [3.8, 4) is 6.07 Å². The van der Waals surface area contributed by atoms with E-state index in [9.17, 15) is 4.79 Å². The lowest BCUT2D eigenvalue weighted by atomic mass is 9.84. The molecule has 1 amide bonds. The fourth-order valence-corrected chi connectivity index (χ4v) is 2.66. The summed E-state index contributed by atoms with van der Waals surface area (Å²) in [6, 6.07) is 2.69. The number of hydrogen-bond donors (Lipinski definition) is 0. The maximum atomic E-state index is 11.9. The summed E-state index contributed by atoms with van der Waals surface area (Å²) in [4.78, 5) is 13.9. The van der Waals surface area contributed by atoms with Crippen molar-refractivity contribution in [3.63, 3.8) is 0 Å². The second kappa shape index (κ2) is 4.86. The SMILES string of the molecule is CN(C(=O)C1CC1)C1CCC(CC#N)CC1.